The Balaban J connectivity index is 2.45. The SMILES string of the molecule is CCOc1cnc(-c2cccs2)cc1C(=O)O. The molecule has 88 valence electrons. The summed E-state index contributed by atoms with van der Waals surface area (Å²) in [6, 6.07) is 5.34. The molecule has 0 spiro atoms. The summed E-state index contributed by atoms with van der Waals surface area (Å²) < 4.78 is 5.23. The second-order valence-corrected chi connectivity index (χ2v) is 4.23. The molecule has 4 nitrogen and oxygen atoms in total. The van der Waals surface area contributed by atoms with Crippen molar-refractivity contribution in [2.75, 3.05) is 6.61 Å². The summed E-state index contributed by atoms with van der Waals surface area (Å²) in [5, 5.41) is 11.0. The highest BCUT2D eigenvalue weighted by Gasteiger charge is 2.14. The molecule has 5 heteroatoms. The van der Waals surface area contributed by atoms with Crippen LogP contribution in [0.5, 0.6) is 5.75 Å². The molecule has 1 N–H and O–H groups in total. The highest BCUT2D eigenvalue weighted by Crippen LogP contribution is 2.27. The molecule has 0 bridgehead atoms. The van der Waals surface area contributed by atoms with Crippen LogP contribution in [0.25, 0.3) is 10.6 Å². The van der Waals surface area contributed by atoms with Crippen molar-refractivity contribution >= 4 is 17.3 Å². The molecule has 0 amide bonds. The van der Waals surface area contributed by atoms with Gasteiger partial charge in [0.1, 0.15) is 5.56 Å². The molecule has 2 heterocycles. The summed E-state index contributed by atoms with van der Waals surface area (Å²) in [5.74, 6) is -0.700. The molecule has 2 aromatic rings. The van der Waals surface area contributed by atoms with E-state index >= 15 is 0 Å². The number of nitrogens with zero attached hydrogens (tertiary/aromatic N) is 1. The number of carboxylic acid groups (broad SMARTS) is 1. The first-order valence-electron chi connectivity index (χ1n) is 5.12. The van der Waals surface area contributed by atoms with Gasteiger partial charge < -0.3 is 9.84 Å². The lowest BCUT2D eigenvalue weighted by Gasteiger charge is -2.07. The van der Waals surface area contributed by atoms with Crippen LogP contribution in [0.15, 0.2) is 29.8 Å². The van der Waals surface area contributed by atoms with E-state index in [0.717, 1.165) is 4.88 Å². The number of aromatic nitrogens is 1. The number of carboxylic acids is 1. The minimum atomic E-state index is -1.01. The Kier molecular flexibility index (Phi) is 3.39. The third-order valence-corrected chi connectivity index (χ3v) is 3.06. The lowest BCUT2D eigenvalue weighted by Crippen LogP contribution is -2.04. The smallest absolute Gasteiger partial charge is 0.339 e. The molecule has 0 aliphatic carbocycles. The molecular formula is C12H11NO3S. The second kappa shape index (κ2) is 4.97. The Hall–Kier alpha value is -1.88. The third-order valence-electron chi connectivity index (χ3n) is 2.17. The van der Waals surface area contributed by atoms with Crippen molar-refractivity contribution in [3.05, 3.63) is 35.3 Å². The molecule has 0 saturated heterocycles. The van der Waals surface area contributed by atoms with E-state index in [4.69, 9.17) is 9.84 Å². The van der Waals surface area contributed by atoms with E-state index in [0.29, 0.717) is 18.1 Å². The van der Waals surface area contributed by atoms with E-state index in [1.54, 1.807) is 13.0 Å². The molecule has 0 unspecified atom stereocenters. The van der Waals surface area contributed by atoms with Gasteiger partial charge in [0, 0.05) is 0 Å². The molecule has 2 aromatic heterocycles. The predicted molar refractivity (Wildman–Crippen MR) is 65.7 cm³/mol. The van der Waals surface area contributed by atoms with Gasteiger partial charge in [-0.15, -0.1) is 11.3 Å². The first-order valence-corrected chi connectivity index (χ1v) is 6.00. The Morgan fingerprint density at radius 2 is 2.41 bits per heavy atom. The number of thiophene rings is 1. The zero-order valence-electron chi connectivity index (χ0n) is 9.21. The number of hydrogen-bond donors (Lipinski definition) is 1. The van der Waals surface area contributed by atoms with Gasteiger partial charge in [0.15, 0.2) is 5.75 Å². The van der Waals surface area contributed by atoms with Gasteiger partial charge in [-0.3, -0.25) is 4.98 Å². The number of ether oxygens (including phenoxy) is 1. The standard InChI is InChI=1S/C12H11NO3S/c1-2-16-10-7-13-9(6-8(10)12(14)15)11-4-3-5-17-11/h3-7H,2H2,1H3,(H,14,15). The van der Waals surface area contributed by atoms with Crippen molar-refractivity contribution in [1.29, 1.82) is 0 Å². The summed E-state index contributed by atoms with van der Waals surface area (Å²) in [4.78, 5) is 16.3. The van der Waals surface area contributed by atoms with Gasteiger partial charge in [-0.05, 0) is 24.4 Å². The summed E-state index contributed by atoms with van der Waals surface area (Å²) in [5.41, 5.74) is 0.797. The lowest BCUT2D eigenvalue weighted by molar-refractivity contribution is 0.0692. The minimum Gasteiger partial charge on any atom is -0.491 e. The Bertz CT molecular complexity index is 523. The fraction of sp³-hybridized carbons (Fsp3) is 0.167. The summed E-state index contributed by atoms with van der Waals surface area (Å²) in [7, 11) is 0. The topological polar surface area (TPSA) is 59.4 Å². The van der Waals surface area contributed by atoms with Gasteiger partial charge in [0.05, 0.1) is 23.4 Å². The van der Waals surface area contributed by atoms with Crippen LogP contribution in [0.1, 0.15) is 17.3 Å². The van der Waals surface area contributed by atoms with Crippen molar-refractivity contribution in [2.24, 2.45) is 0 Å². The number of carbonyl (C=O) groups is 1. The van der Waals surface area contributed by atoms with Crippen LogP contribution >= 0.6 is 11.3 Å². The molecule has 0 atom stereocenters. The maximum Gasteiger partial charge on any atom is 0.339 e. The lowest BCUT2D eigenvalue weighted by atomic mass is 10.2. The summed E-state index contributed by atoms with van der Waals surface area (Å²) in [6.45, 7) is 2.22. The number of rotatable bonds is 4. The number of pyridine rings is 1. The first-order chi connectivity index (χ1) is 8.22. The average molecular weight is 249 g/mol. The Labute approximate surface area is 103 Å². The highest BCUT2D eigenvalue weighted by molar-refractivity contribution is 7.13. The van der Waals surface area contributed by atoms with Crippen molar-refractivity contribution in [3.63, 3.8) is 0 Å². The van der Waals surface area contributed by atoms with Gasteiger partial charge >= 0.3 is 5.97 Å². The molecule has 0 radical (unpaired) electrons. The maximum absolute atomic E-state index is 11.1. The van der Waals surface area contributed by atoms with Crippen LogP contribution < -0.4 is 4.74 Å². The molecule has 0 aliphatic rings. The molecule has 0 saturated carbocycles. The van der Waals surface area contributed by atoms with E-state index in [2.05, 4.69) is 4.98 Å². The summed E-state index contributed by atoms with van der Waals surface area (Å²) in [6.07, 6.45) is 1.46. The molecule has 17 heavy (non-hydrogen) atoms. The van der Waals surface area contributed by atoms with Crippen molar-refractivity contribution in [3.8, 4) is 16.3 Å². The summed E-state index contributed by atoms with van der Waals surface area (Å²) >= 11 is 1.52. The van der Waals surface area contributed by atoms with E-state index < -0.39 is 5.97 Å². The van der Waals surface area contributed by atoms with Gasteiger partial charge in [0.2, 0.25) is 0 Å². The fourth-order valence-corrected chi connectivity index (χ4v) is 2.13. The monoisotopic (exact) mass is 249 g/mol. The Morgan fingerprint density at radius 1 is 1.59 bits per heavy atom. The van der Waals surface area contributed by atoms with E-state index in [1.165, 1.54) is 17.5 Å². The molecule has 0 aromatic carbocycles. The minimum absolute atomic E-state index is 0.144. The maximum atomic E-state index is 11.1. The zero-order chi connectivity index (χ0) is 12.3. The molecule has 0 aliphatic heterocycles. The van der Waals surface area contributed by atoms with Crippen LogP contribution in [0.2, 0.25) is 0 Å². The Morgan fingerprint density at radius 3 is 3.00 bits per heavy atom. The molecule has 0 fully saturated rings. The predicted octanol–water partition coefficient (Wildman–Crippen LogP) is 2.91. The van der Waals surface area contributed by atoms with Gasteiger partial charge in [-0.25, -0.2) is 4.79 Å². The van der Waals surface area contributed by atoms with Crippen molar-refractivity contribution in [2.45, 2.75) is 6.92 Å². The average Bonchev–Trinajstić information content (AvgIpc) is 2.83. The van der Waals surface area contributed by atoms with Gasteiger partial charge in [-0.1, -0.05) is 6.07 Å². The zero-order valence-corrected chi connectivity index (χ0v) is 10.0. The van der Waals surface area contributed by atoms with Crippen LogP contribution in [0.3, 0.4) is 0 Å². The first kappa shape index (κ1) is 11.6. The van der Waals surface area contributed by atoms with Crippen LogP contribution in [-0.2, 0) is 0 Å². The van der Waals surface area contributed by atoms with Gasteiger partial charge in [-0.2, -0.15) is 0 Å². The third kappa shape index (κ3) is 2.45. The van der Waals surface area contributed by atoms with E-state index in [9.17, 15) is 4.79 Å². The van der Waals surface area contributed by atoms with Crippen molar-refractivity contribution in [1.82, 2.24) is 4.98 Å². The van der Waals surface area contributed by atoms with Crippen LogP contribution in [0.4, 0.5) is 0 Å². The van der Waals surface area contributed by atoms with Crippen LogP contribution in [-0.4, -0.2) is 22.7 Å². The quantitative estimate of drug-likeness (QED) is 0.905. The second-order valence-electron chi connectivity index (χ2n) is 3.28. The van der Waals surface area contributed by atoms with E-state index in [-0.39, 0.29) is 5.56 Å². The highest BCUT2D eigenvalue weighted by atomic mass is 32.1. The molecular weight excluding hydrogens is 238 g/mol. The van der Waals surface area contributed by atoms with Crippen molar-refractivity contribution < 1.29 is 14.6 Å². The normalized spacial score (nSPS) is 10.2. The molecule has 2 rings (SSSR count). The number of aromatic carboxylic acids is 1. The van der Waals surface area contributed by atoms with Crippen LogP contribution in [0, 0.1) is 0 Å². The fourth-order valence-electron chi connectivity index (χ4n) is 1.44. The van der Waals surface area contributed by atoms with Gasteiger partial charge in [0.25, 0.3) is 0 Å². The number of hydrogen-bond acceptors (Lipinski definition) is 4. The van der Waals surface area contributed by atoms with E-state index in [1.807, 2.05) is 17.5 Å². The largest absolute Gasteiger partial charge is 0.491 e.